The number of phenolic OH excluding ortho intramolecular Hbond substituents is 3. The molecule has 10 heteroatoms. The van der Waals surface area contributed by atoms with E-state index in [1.165, 1.54) is 0 Å². The van der Waals surface area contributed by atoms with Gasteiger partial charge in [-0.15, -0.1) is 0 Å². The molecule has 2 rings (SSSR count). The molecule has 0 radical (unpaired) electrons. The monoisotopic (exact) mass is 445 g/mol. The van der Waals surface area contributed by atoms with Crippen molar-refractivity contribution in [3.05, 3.63) is 47.5 Å². The summed E-state index contributed by atoms with van der Waals surface area (Å²) in [6, 6.07) is 8.74. The highest BCUT2D eigenvalue weighted by atomic mass is 16.6. The lowest BCUT2D eigenvalue weighted by Crippen LogP contribution is -2.35. The first-order chi connectivity index (χ1) is 14.9. The van der Waals surface area contributed by atoms with Crippen molar-refractivity contribution in [3.8, 4) is 17.2 Å². The van der Waals surface area contributed by atoms with Crippen molar-refractivity contribution in [1.82, 2.24) is 10.6 Å². The van der Waals surface area contributed by atoms with Crippen LogP contribution in [0, 0.1) is 0 Å². The van der Waals surface area contributed by atoms with Crippen LogP contribution in [0.1, 0.15) is 43.1 Å². The van der Waals surface area contributed by atoms with Crippen molar-refractivity contribution in [2.45, 2.75) is 39.3 Å². The topological polar surface area (TPSA) is 157 Å². The third kappa shape index (κ3) is 7.71. The number of nitrogens with one attached hydrogen (secondary N) is 3. The van der Waals surface area contributed by atoms with Gasteiger partial charge in [0.1, 0.15) is 5.60 Å². The maximum atomic E-state index is 12.2. The van der Waals surface area contributed by atoms with E-state index in [0.29, 0.717) is 5.69 Å². The second kappa shape index (κ2) is 10.4. The molecule has 0 atom stereocenters. The Morgan fingerprint density at radius 1 is 0.938 bits per heavy atom. The third-order valence-corrected chi connectivity index (χ3v) is 4.05. The van der Waals surface area contributed by atoms with Crippen LogP contribution in [-0.2, 0) is 16.1 Å². The van der Waals surface area contributed by atoms with Crippen LogP contribution >= 0.6 is 0 Å². The second-order valence-corrected chi connectivity index (χ2v) is 7.97. The summed E-state index contributed by atoms with van der Waals surface area (Å²) in [4.78, 5) is 35.7. The molecule has 0 bridgehead atoms. The number of carbonyl (C=O) groups is 3. The Morgan fingerprint density at radius 3 is 2.09 bits per heavy atom. The van der Waals surface area contributed by atoms with Crippen LogP contribution in [0.4, 0.5) is 10.5 Å². The normalized spacial score (nSPS) is 10.8. The number of aromatic hydroxyl groups is 3. The van der Waals surface area contributed by atoms with Crippen LogP contribution in [0.2, 0.25) is 0 Å². The first-order valence-electron chi connectivity index (χ1n) is 9.83. The van der Waals surface area contributed by atoms with Gasteiger partial charge in [0.15, 0.2) is 17.2 Å². The third-order valence-electron chi connectivity index (χ3n) is 4.05. The SMILES string of the molecule is CC(C)(C)OC(=O)NCCC(=O)NCc1ccc(NC(=O)c2cc(O)c(O)c(O)c2)cc1. The molecule has 0 aliphatic rings. The Bertz CT molecular complexity index is 959. The zero-order valence-corrected chi connectivity index (χ0v) is 18.1. The summed E-state index contributed by atoms with van der Waals surface area (Å²) in [5, 5.41) is 36.2. The van der Waals surface area contributed by atoms with Crippen molar-refractivity contribution in [3.63, 3.8) is 0 Å². The minimum absolute atomic E-state index is 0.0332. The molecule has 2 aromatic rings. The molecule has 172 valence electrons. The largest absolute Gasteiger partial charge is 0.504 e. The predicted octanol–water partition coefficient (Wildman–Crippen LogP) is 2.59. The lowest BCUT2D eigenvalue weighted by Gasteiger charge is -2.19. The fraction of sp³-hybridized carbons (Fsp3) is 0.318. The standard InChI is InChI=1S/C22H27N3O7/c1-22(2,3)32-21(31)23-9-8-18(28)24-12-13-4-6-15(7-5-13)25-20(30)14-10-16(26)19(29)17(27)11-14/h4-7,10-11,26-27,29H,8-9,12H2,1-3H3,(H,23,31)(H,24,28)(H,25,30). The average Bonchev–Trinajstić information content (AvgIpc) is 2.69. The quantitative estimate of drug-likeness (QED) is 0.358. The van der Waals surface area contributed by atoms with Gasteiger partial charge in [0.25, 0.3) is 5.91 Å². The smallest absolute Gasteiger partial charge is 0.407 e. The summed E-state index contributed by atoms with van der Waals surface area (Å²) >= 11 is 0. The molecule has 0 unspecified atom stereocenters. The number of hydrogen-bond acceptors (Lipinski definition) is 7. The number of hydrogen-bond donors (Lipinski definition) is 6. The lowest BCUT2D eigenvalue weighted by molar-refractivity contribution is -0.121. The lowest BCUT2D eigenvalue weighted by atomic mass is 10.1. The molecule has 6 N–H and O–H groups in total. The van der Waals surface area contributed by atoms with Crippen molar-refractivity contribution >= 4 is 23.6 Å². The van der Waals surface area contributed by atoms with E-state index in [0.717, 1.165) is 17.7 Å². The Kier molecular flexibility index (Phi) is 7.89. The summed E-state index contributed by atoms with van der Waals surface area (Å²) < 4.78 is 5.08. The van der Waals surface area contributed by atoms with Crippen molar-refractivity contribution in [2.24, 2.45) is 0 Å². The number of rotatable bonds is 7. The highest BCUT2D eigenvalue weighted by Crippen LogP contribution is 2.35. The second-order valence-electron chi connectivity index (χ2n) is 7.97. The molecule has 2 aromatic carbocycles. The molecule has 0 aliphatic heterocycles. The Labute approximate surface area is 185 Å². The average molecular weight is 445 g/mol. The number of anilines is 1. The van der Waals surface area contributed by atoms with E-state index in [-0.39, 0.29) is 31.0 Å². The summed E-state index contributed by atoms with van der Waals surface area (Å²) in [6.07, 6.45) is -0.486. The number of benzene rings is 2. The predicted molar refractivity (Wildman–Crippen MR) is 117 cm³/mol. The summed E-state index contributed by atoms with van der Waals surface area (Å²) in [7, 11) is 0. The van der Waals surface area contributed by atoms with Crippen LogP contribution in [0.5, 0.6) is 17.2 Å². The van der Waals surface area contributed by atoms with E-state index in [1.807, 2.05) is 0 Å². The summed E-state index contributed by atoms with van der Waals surface area (Å²) in [5.74, 6) is -2.75. The van der Waals surface area contributed by atoms with E-state index in [2.05, 4.69) is 16.0 Å². The number of amides is 3. The molecule has 0 aromatic heterocycles. The molecule has 0 spiro atoms. The fourth-order valence-corrected chi connectivity index (χ4v) is 2.53. The van der Waals surface area contributed by atoms with E-state index >= 15 is 0 Å². The number of ether oxygens (including phenoxy) is 1. The van der Waals surface area contributed by atoms with Gasteiger partial charge in [-0.2, -0.15) is 0 Å². The maximum Gasteiger partial charge on any atom is 0.407 e. The minimum atomic E-state index is -0.700. The van der Waals surface area contributed by atoms with Gasteiger partial charge in [0.2, 0.25) is 5.91 Å². The molecule has 10 nitrogen and oxygen atoms in total. The molecule has 0 fully saturated rings. The Hall–Kier alpha value is -3.95. The number of carbonyl (C=O) groups excluding carboxylic acids is 3. The minimum Gasteiger partial charge on any atom is -0.504 e. The highest BCUT2D eigenvalue weighted by Gasteiger charge is 2.16. The molecule has 0 saturated carbocycles. The van der Waals surface area contributed by atoms with Gasteiger partial charge in [-0.05, 0) is 50.6 Å². The Morgan fingerprint density at radius 2 is 1.53 bits per heavy atom. The zero-order chi connectivity index (χ0) is 23.9. The van der Waals surface area contributed by atoms with Crippen molar-refractivity contribution in [2.75, 3.05) is 11.9 Å². The summed E-state index contributed by atoms with van der Waals surface area (Å²) in [5.41, 5.74) is 0.607. The number of phenols is 3. The fourth-order valence-electron chi connectivity index (χ4n) is 2.53. The molecule has 0 saturated heterocycles. The molecule has 0 heterocycles. The van der Waals surface area contributed by atoms with Crippen LogP contribution in [0.25, 0.3) is 0 Å². The molecule has 3 amide bonds. The zero-order valence-electron chi connectivity index (χ0n) is 18.1. The van der Waals surface area contributed by atoms with Gasteiger partial charge in [0, 0.05) is 30.8 Å². The first kappa shape index (κ1) is 24.3. The van der Waals surface area contributed by atoms with Gasteiger partial charge < -0.3 is 36.0 Å². The van der Waals surface area contributed by atoms with Gasteiger partial charge in [0.05, 0.1) is 0 Å². The van der Waals surface area contributed by atoms with Crippen LogP contribution in [0.15, 0.2) is 36.4 Å². The molecule has 32 heavy (non-hydrogen) atoms. The molecular weight excluding hydrogens is 418 g/mol. The van der Waals surface area contributed by atoms with E-state index in [1.54, 1.807) is 45.0 Å². The van der Waals surface area contributed by atoms with Gasteiger partial charge in [-0.3, -0.25) is 9.59 Å². The van der Waals surface area contributed by atoms with E-state index in [9.17, 15) is 29.7 Å². The van der Waals surface area contributed by atoms with Gasteiger partial charge in [-0.1, -0.05) is 12.1 Å². The van der Waals surface area contributed by atoms with Gasteiger partial charge in [-0.25, -0.2) is 4.79 Å². The Balaban J connectivity index is 1.78. The van der Waals surface area contributed by atoms with Crippen LogP contribution in [0.3, 0.4) is 0 Å². The van der Waals surface area contributed by atoms with E-state index < -0.39 is 34.9 Å². The van der Waals surface area contributed by atoms with E-state index in [4.69, 9.17) is 4.74 Å². The first-order valence-corrected chi connectivity index (χ1v) is 9.83. The van der Waals surface area contributed by atoms with Crippen LogP contribution in [-0.4, -0.2) is 45.4 Å². The summed E-state index contributed by atoms with van der Waals surface area (Å²) in [6.45, 7) is 5.66. The maximum absolute atomic E-state index is 12.2. The molecule has 0 aliphatic carbocycles. The van der Waals surface area contributed by atoms with Crippen molar-refractivity contribution in [1.29, 1.82) is 0 Å². The molecular formula is C22H27N3O7. The van der Waals surface area contributed by atoms with Gasteiger partial charge >= 0.3 is 6.09 Å². The van der Waals surface area contributed by atoms with Crippen LogP contribution < -0.4 is 16.0 Å². The highest BCUT2D eigenvalue weighted by molar-refractivity contribution is 6.05. The number of alkyl carbamates (subject to hydrolysis) is 1. The van der Waals surface area contributed by atoms with Crippen molar-refractivity contribution < 1.29 is 34.4 Å².